The molecule has 0 bridgehead atoms. The van der Waals surface area contributed by atoms with Crippen molar-refractivity contribution in [3.8, 4) is 12.3 Å². The Bertz CT molecular complexity index is 1110. The number of fused-ring (bicyclic) bond motifs is 1. The molecule has 2 amide bonds. The third-order valence-electron chi connectivity index (χ3n) is 5.90. The maximum atomic E-state index is 13.0. The Morgan fingerprint density at radius 2 is 2.29 bits per heavy atom. The highest BCUT2D eigenvalue weighted by molar-refractivity contribution is 8.00. The number of carboxylic acids is 1. The molecule has 1 aromatic heterocycles. The van der Waals surface area contributed by atoms with Gasteiger partial charge in [-0.25, -0.2) is 9.78 Å². The smallest absolute Gasteiger partial charge is 0.352 e. The lowest BCUT2D eigenvalue weighted by atomic mass is 10.0. The zero-order valence-electron chi connectivity index (χ0n) is 18.4. The van der Waals surface area contributed by atoms with Crippen LogP contribution in [0.2, 0.25) is 0 Å². The summed E-state index contributed by atoms with van der Waals surface area (Å²) < 4.78 is 0. The van der Waals surface area contributed by atoms with E-state index in [4.69, 9.17) is 17.0 Å². The number of anilines is 1. The van der Waals surface area contributed by atoms with Crippen LogP contribution in [0.5, 0.6) is 0 Å². The van der Waals surface area contributed by atoms with Gasteiger partial charge in [0.1, 0.15) is 22.8 Å². The lowest BCUT2D eigenvalue weighted by molar-refractivity contribution is -0.150. The number of thiazole rings is 1. The second kappa shape index (κ2) is 10.0. The minimum atomic E-state index is -1.15. The first-order valence-corrected chi connectivity index (χ1v) is 12.5. The predicted molar refractivity (Wildman–Crippen MR) is 128 cm³/mol. The maximum Gasteiger partial charge on any atom is 0.352 e. The van der Waals surface area contributed by atoms with Crippen molar-refractivity contribution in [2.45, 2.75) is 37.2 Å². The number of hydrogen-bond donors (Lipinski definition) is 3. The average Bonchev–Trinajstić information content (AvgIpc) is 3.42. The summed E-state index contributed by atoms with van der Waals surface area (Å²) in [6.07, 6.45) is 7.30. The molecule has 3 aliphatic heterocycles. The quantitative estimate of drug-likeness (QED) is 0.149. The predicted octanol–water partition coefficient (Wildman–Crippen LogP) is 0.302. The number of amides is 2. The summed E-state index contributed by atoms with van der Waals surface area (Å²) in [5.41, 5.74) is 6.40. The van der Waals surface area contributed by atoms with Crippen LogP contribution >= 0.6 is 23.1 Å². The molecule has 0 radical (unpaired) electrons. The lowest BCUT2D eigenvalue weighted by Crippen LogP contribution is -2.71. The van der Waals surface area contributed by atoms with Crippen LogP contribution in [-0.4, -0.2) is 86.3 Å². The number of aromatic nitrogens is 1. The number of likely N-dealkylation sites (tertiary alicyclic amines) is 1. The third kappa shape index (κ3) is 4.61. The Morgan fingerprint density at radius 1 is 1.50 bits per heavy atom. The Kier molecular flexibility index (Phi) is 7.11. The summed E-state index contributed by atoms with van der Waals surface area (Å²) >= 11 is 2.54. The number of nitrogens with two attached hydrogens (primary N) is 1. The Morgan fingerprint density at radius 3 is 2.91 bits per heavy atom. The van der Waals surface area contributed by atoms with Crippen LogP contribution in [0.3, 0.4) is 0 Å². The van der Waals surface area contributed by atoms with Crippen LogP contribution in [0.25, 0.3) is 0 Å². The number of aliphatic carboxylic acids is 1. The number of nitrogen functional groups attached to an aromatic ring is 1. The molecule has 13 heteroatoms. The number of terminal acetylenes is 1. The van der Waals surface area contributed by atoms with E-state index in [0.717, 1.165) is 30.7 Å². The summed E-state index contributed by atoms with van der Waals surface area (Å²) in [6.45, 7) is 3.38. The molecule has 2 fully saturated rings. The third-order valence-corrected chi connectivity index (χ3v) is 7.92. The van der Waals surface area contributed by atoms with Crippen LogP contribution in [0.15, 0.2) is 21.8 Å². The number of carboxylic acid groups (broad SMARTS) is 1. The van der Waals surface area contributed by atoms with E-state index in [9.17, 15) is 19.5 Å². The fraction of sp³-hybridized carbons (Fsp3) is 0.476. The van der Waals surface area contributed by atoms with E-state index in [0.29, 0.717) is 23.9 Å². The van der Waals surface area contributed by atoms with Crippen LogP contribution in [0, 0.1) is 12.3 Å². The highest BCUT2D eigenvalue weighted by atomic mass is 32.2. The van der Waals surface area contributed by atoms with Gasteiger partial charge in [-0.1, -0.05) is 11.1 Å². The molecule has 2 saturated heterocycles. The first kappa shape index (κ1) is 24.1. The van der Waals surface area contributed by atoms with E-state index < -0.39 is 29.2 Å². The minimum Gasteiger partial charge on any atom is -0.477 e. The summed E-state index contributed by atoms with van der Waals surface area (Å²) in [4.78, 5) is 50.5. The maximum absolute atomic E-state index is 13.0. The molecule has 0 saturated carbocycles. The van der Waals surface area contributed by atoms with Crippen molar-refractivity contribution < 1.29 is 24.3 Å². The van der Waals surface area contributed by atoms with Gasteiger partial charge in [-0.2, -0.15) is 0 Å². The number of nitrogens with zero attached hydrogens (tertiary/aromatic N) is 4. The lowest BCUT2D eigenvalue weighted by Gasteiger charge is -2.49. The molecule has 11 nitrogen and oxygen atoms in total. The van der Waals surface area contributed by atoms with E-state index in [2.05, 4.69) is 33.2 Å². The normalized spacial score (nSPS) is 24.9. The molecule has 180 valence electrons. The van der Waals surface area contributed by atoms with Crippen molar-refractivity contribution in [1.29, 1.82) is 0 Å². The molecular formula is C21H24N6O5S2. The highest BCUT2D eigenvalue weighted by Crippen LogP contribution is 2.41. The number of thioether (sulfide) groups is 1. The van der Waals surface area contributed by atoms with Gasteiger partial charge in [0, 0.05) is 23.7 Å². The van der Waals surface area contributed by atoms with Gasteiger partial charge in [0.2, 0.25) is 0 Å². The molecule has 3 aliphatic rings. The van der Waals surface area contributed by atoms with E-state index in [1.807, 2.05) is 0 Å². The second-order valence-electron chi connectivity index (χ2n) is 8.07. The monoisotopic (exact) mass is 504 g/mol. The number of β-lactam (4-membered cyclic amide) rings is 1. The minimum absolute atomic E-state index is 0.0110. The molecule has 0 aromatic carbocycles. The Labute approximate surface area is 204 Å². The second-order valence-corrected chi connectivity index (χ2v) is 10.1. The molecule has 0 aliphatic carbocycles. The van der Waals surface area contributed by atoms with Crippen LogP contribution in [-0.2, 0) is 19.2 Å². The van der Waals surface area contributed by atoms with Gasteiger partial charge in [0.25, 0.3) is 11.8 Å². The first-order chi connectivity index (χ1) is 16.3. The molecule has 1 aromatic rings. The van der Waals surface area contributed by atoms with Crippen LogP contribution in [0.1, 0.15) is 25.5 Å². The van der Waals surface area contributed by atoms with Crippen LogP contribution in [0.4, 0.5) is 5.13 Å². The molecule has 3 atom stereocenters. The topological polar surface area (TPSA) is 150 Å². The zero-order valence-corrected chi connectivity index (χ0v) is 20.0. The number of nitrogens with one attached hydrogen (secondary N) is 1. The standard InChI is InChI=1S/C21H24N6O5S2/c1-3-7-32-25-14(13-10-34-21(22)23-13)17(28)24-15-18(29)27-16(20(30)31)12(9-33-19(15)27)8-26-6-4-5-11(26)2/h1,10-11,15,19H,4-9H2,2H3,(H2,22,23)(H,24,28)(H,30,31)/b25-14-/t11?,15?,19-/m0/s1. The molecule has 2 unspecified atom stereocenters. The summed E-state index contributed by atoms with van der Waals surface area (Å²) in [5.74, 6) is 0.371. The number of carbonyl (C=O) groups is 3. The van der Waals surface area contributed by atoms with E-state index >= 15 is 0 Å². The average molecular weight is 505 g/mol. The SMILES string of the molecule is C#CCO/N=C(\C(=O)NC1C(=O)N2C(C(=O)O)=C(CN3CCCC3C)CS[C@@H]12)c1csc(N)n1. The number of carbonyl (C=O) groups excluding carboxylic acids is 2. The molecule has 4 N–H and O–H groups in total. The van der Waals surface area contributed by atoms with Crippen molar-refractivity contribution in [1.82, 2.24) is 20.1 Å². The first-order valence-electron chi connectivity index (χ1n) is 10.6. The van der Waals surface area contributed by atoms with Gasteiger partial charge >= 0.3 is 5.97 Å². The van der Waals surface area contributed by atoms with Gasteiger partial charge in [0.05, 0.1) is 0 Å². The van der Waals surface area contributed by atoms with Crippen molar-refractivity contribution in [3.63, 3.8) is 0 Å². The van der Waals surface area contributed by atoms with E-state index in [1.54, 1.807) is 0 Å². The molecule has 4 rings (SSSR count). The van der Waals surface area contributed by atoms with Crippen LogP contribution < -0.4 is 11.1 Å². The Hall–Kier alpha value is -3.08. The Balaban J connectivity index is 1.50. The van der Waals surface area contributed by atoms with Gasteiger partial charge in [-0.05, 0) is 31.9 Å². The number of rotatable bonds is 8. The molecule has 0 spiro atoms. The fourth-order valence-electron chi connectivity index (χ4n) is 4.22. The number of oxime groups is 1. The van der Waals surface area contributed by atoms with E-state index in [-0.39, 0.29) is 28.8 Å². The summed E-state index contributed by atoms with van der Waals surface area (Å²) in [6, 6.07) is -0.536. The molecule has 4 heterocycles. The van der Waals surface area contributed by atoms with Crippen molar-refractivity contribution >= 4 is 51.7 Å². The van der Waals surface area contributed by atoms with Crippen molar-refractivity contribution in [3.05, 3.63) is 22.3 Å². The van der Waals surface area contributed by atoms with Gasteiger partial charge < -0.3 is 21.0 Å². The largest absolute Gasteiger partial charge is 0.477 e. The highest BCUT2D eigenvalue weighted by Gasteiger charge is 2.54. The number of hydrogen-bond acceptors (Lipinski definition) is 10. The van der Waals surface area contributed by atoms with Crippen molar-refractivity contribution in [2.75, 3.05) is 31.2 Å². The fourth-order valence-corrected chi connectivity index (χ4v) is 6.11. The van der Waals surface area contributed by atoms with Crippen molar-refractivity contribution in [2.24, 2.45) is 5.16 Å². The van der Waals surface area contributed by atoms with E-state index in [1.165, 1.54) is 22.0 Å². The molecular weight excluding hydrogens is 480 g/mol. The van der Waals surface area contributed by atoms with Gasteiger partial charge in [-0.15, -0.1) is 29.5 Å². The van der Waals surface area contributed by atoms with Gasteiger partial charge in [-0.3, -0.25) is 19.4 Å². The van der Waals surface area contributed by atoms with Gasteiger partial charge in [0.15, 0.2) is 17.5 Å². The summed E-state index contributed by atoms with van der Waals surface area (Å²) in [7, 11) is 0. The zero-order chi connectivity index (χ0) is 24.4. The molecule has 34 heavy (non-hydrogen) atoms. The summed E-state index contributed by atoms with van der Waals surface area (Å²) in [5, 5.41) is 17.5.